The molecule has 5 aromatic carbocycles. The lowest BCUT2D eigenvalue weighted by molar-refractivity contribution is -0.150. The van der Waals surface area contributed by atoms with E-state index in [0.717, 1.165) is 51.5 Å². The molecule has 9 nitrogen and oxygen atoms in total. The molecule has 5 aromatic rings. The van der Waals surface area contributed by atoms with Crippen molar-refractivity contribution in [2.24, 2.45) is 5.92 Å². The molecule has 4 atom stereocenters. The molecule has 298 valence electrons. The van der Waals surface area contributed by atoms with Crippen molar-refractivity contribution in [3.8, 4) is 5.75 Å². The largest absolute Gasteiger partial charge is 0.497 e. The summed E-state index contributed by atoms with van der Waals surface area (Å²) in [5.74, 6) is 0.292. The van der Waals surface area contributed by atoms with Crippen LogP contribution in [0, 0.1) is 5.92 Å². The van der Waals surface area contributed by atoms with Gasteiger partial charge in [0, 0.05) is 36.7 Å². The van der Waals surface area contributed by atoms with Crippen molar-refractivity contribution in [1.82, 2.24) is 4.90 Å². The molecule has 3 amide bonds. The minimum atomic E-state index is -2.50. The minimum absolute atomic E-state index is 0.0626. The van der Waals surface area contributed by atoms with Crippen molar-refractivity contribution in [2.45, 2.75) is 69.6 Å². The number of aryl methyl sites for hydroxylation is 1. The quantitative estimate of drug-likeness (QED) is 0.132. The highest BCUT2D eigenvalue weighted by molar-refractivity contribution is 6.91. The number of methoxy groups -OCH3 is 1. The van der Waals surface area contributed by atoms with Crippen LogP contribution >= 0.6 is 0 Å². The SMILES string of the molecule is COc1ccc([Si](C)(C)[C@@H]2[C@@H](CC(=O)N(CCO)Cc3ccccc3)O[C@]3(C(=O)N(Cc4ccc(N5C(=O)CCc6ccccc65)cc4)c4ccccc43)[C@H]2C)cc1. The van der Waals surface area contributed by atoms with Crippen molar-refractivity contribution < 1.29 is 29.0 Å². The van der Waals surface area contributed by atoms with Crippen LogP contribution in [0.1, 0.15) is 42.0 Å². The average Bonchev–Trinajstić information content (AvgIpc) is 3.67. The van der Waals surface area contributed by atoms with E-state index in [9.17, 15) is 14.7 Å². The average molecular weight is 794 g/mol. The van der Waals surface area contributed by atoms with Gasteiger partial charge in [-0.05, 0) is 65.1 Å². The van der Waals surface area contributed by atoms with E-state index >= 15 is 4.79 Å². The molecule has 1 fully saturated rings. The van der Waals surface area contributed by atoms with Gasteiger partial charge in [-0.15, -0.1) is 0 Å². The lowest BCUT2D eigenvalue weighted by Crippen LogP contribution is -2.52. The second-order valence-electron chi connectivity index (χ2n) is 16.3. The van der Waals surface area contributed by atoms with E-state index < -0.39 is 19.8 Å². The molecule has 0 aliphatic carbocycles. The van der Waals surface area contributed by atoms with Crippen molar-refractivity contribution in [3.63, 3.8) is 0 Å². The Morgan fingerprint density at radius 3 is 2.22 bits per heavy atom. The van der Waals surface area contributed by atoms with Crippen LogP contribution in [0.5, 0.6) is 5.75 Å². The zero-order chi connectivity index (χ0) is 40.6. The van der Waals surface area contributed by atoms with Crippen molar-refractivity contribution in [1.29, 1.82) is 0 Å². The second-order valence-corrected chi connectivity index (χ2v) is 21.0. The summed E-state index contributed by atoms with van der Waals surface area (Å²) in [7, 11) is -0.846. The molecule has 0 unspecified atom stereocenters. The number of para-hydroxylation sites is 2. The molecule has 0 aromatic heterocycles. The molecule has 1 N–H and O–H groups in total. The standard InChI is InChI=1S/C48H51N3O6Si/c1-33-46(58(3,4)39-25-23-38(56-2)24-26-39)43(30-45(54)49(28-29-52)31-34-12-6-5-7-13-34)57-48(33)40-15-9-11-17-42(40)50(47(48)55)32-35-18-21-37(22-19-35)51-41-16-10-8-14-36(41)20-27-44(51)53/h5-19,21-26,33,43,46,52H,20,27-32H2,1-4H3/t33-,43+,46-,48+/m0/s1. The molecule has 10 heteroatoms. The number of amides is 3. The van der Waals surface area contributed by atoms with Gasteiger partial charge in [0.15, 0.2) is 5.60 Å². The normalized spacial score (nSPS) is 21.3. The molecule has 1 spiro atoms. The fourth-order valence-electron chi connectivity index (χ4n) is 9.79. The first-order valence-corrected chi connectivity index (χ1v) is 23.3. The Morgan fingerprint density at radius 2 is 1.52 bits per heavy atom. The number of aliphatic hydroxyl groups is 1. The highest BCUT2D eigenvalue weighted by atomic mass is 28.3. The Labute approximate surface area is 341 Å². The topological polar surface area (TPSA) is 99.6 Å². The van der Waals surface area contributed by atoms with Gasteiger partial charge in [0.05, 0.1) is 52.2 Å². The Bertz CT molecular complexity index is 2300. The Hall–Kier alpha value is -5.55. The number of rotatable bonds is 12. The third-order valence-corrected chi connectivity index (χ3v) is 17.0. The number of fused-ring (bicyclic) bond motifs is 3. The highest BCUT2D eigenvalue weighted by Gasteiger charge is 2.66. The van der Waals surface area contributed by atoms with Gasteiger partial charge in [-0.1, -0.05) is 116 Å². The van der Waals surface area contributed by atoms with E-state index in [-0.39, 0.29) is 48.8 Å². The van der Waals surface area contributed by atoms with Gasteiger partial charge in [-0.3, -0.25) is 19.3 Å². The number of benzene rings is 5. The number of aliphatic hydroxyl groups excluding tert-OH is 1. The fraction of sp³-hybridized carbons (Fsp3) is 0.312. The lowest BCUT2D eigenvalue weighted by atomic mass is 9.82. The molecule has 0 bridgehead atoms. The number of hydrogen-bond donors (Lipinski definition) is 1. The van der Waals surface area contributed by atoms with Crippen LogP contribution in [-0.4, -0.2) is 62.2 Å². The third-order valence-electron chi connectivity index (χ3n) is 12.7. The van der Waals surface area contributed by atoms with Crippen molar-refractivity contribution in [3.05, 3.63) is 150 Å². The highest BCUT2D eigenvalue weighted by Crippen LogP contribution is 2.60. The maximum atomic E-state index is 15.3. The molecule has 0 saturated carbocycles. The van der Waals surface area contributed by atoms with Crippen molar-refractivity contribution >= 4 is 48.0 Å². The van der Waals surface area contributed by atoms with Crippen molar-refractivity contribution in [2.75, 3.05) is 30.1 Å². The molecule has 1 saturated heterocycles. The van der Waals surface area contributed by atoms with Gasteiger partial charge in [0.1, 0.15) is 5.75 Å². The van der Waals surface area contributed by atoms with Crippen LogP contribution in [0.15, 0.2) is 127 Å². The number of anilines is 3. The van der Waals surface area contributed by atoms with Crippen LogP contribution in [0.2, 0.25) is 18.6 Å². The Balaban J connectivity index is 1.13. The van der Waals surface area contributed by atoms with Gasteiger partial charge < -0.3 is 24.4 Å². The lowest BCUT2D eigenvalue weighted by Gasteiger charge is -2.37. The van der Waals surface area contributed by atoms with Crippen LogP contribution in [0.25, 0.3) is 0 Å². The van der Waals surface area contributed by atoms with Crippen LogP contribution in [0.3, 0.4) is 0 Å². The van der Waals surface area contributed by atoms with Gasteiger partial charge >= 0.3 is 0 Å². The Morgan fingerprint density at radius 1 is 0.845 bits per heavy atom. The zero-order valence-electron chi connectivity index (χ0n) is 33.6. The molecule has 0 radical (unpaired) electrons. The van der Waals surface area contributed by atoms with Gasteiger partial charge in [-0.25, -0.2) is 0 Å². The number of hydrogen-bond acceptors (Lipinski definition) is 6. The summed E-state index contributed by atoms with van der Waals surface area (Å²) in [5.41, 5.74) is 4.92. The van der Waals surface area contributed by atoms with E-state index in [2.05, 4.69) is 38.2 Å². The van der Waals surface area contributed by atoms with E-state index in [1.165, 1.54) is 5.19 Å². The first-order valence-electron chi connectivity index (χ1n) is 20.2. The van der Waals surface area contributed by atoms with E-state index in [4.69, 9.17) is 9.47 Å². The van der Waals surface area contributed by atoms with E-state index in [1.807, 2.05) is 114 Å². The van der Waals surface area contributed by atoms with E-state index in [0.29, 0.717) is 19.5 Å². The summed E-state index contributed by atoms with van der Waals surface area (Å²) in [6, 6.07) is 41.8. The van der Waals surface area contributed by atoms with Crippen LogP contribution in [0.4, 0.5) is 17.1 Å². The first-order chi connectivity index (χ1) is 28.1. The predicted molar refractivity (Wildman–Crippen MR) is 229 cm³/mol. The molecule has 3 heterocycles. The summed E-state index contributed by atoms with van der Waals surface area (Å²) >= 11 is 0. The maximum absolute atomic E-state index is 15.3. The molecule has 58 heavy (non-hydrogen) atoms. The van der Waals surface area contributed by atoms with Crippen LogP contribution < -0.4 is 19.7 Å². The number of ether oxygens (including phenoxy) is 2. The fourth-order valence-corrected chi connectivity index (χ4v) is 13.8. The summed E-state index contributed by atoms with van der Waals surface area (Å²) in [4.78, 5) is 48.2. The zero-order valence-corrected chi connectivity index (χ0v) is 34.6. The number of carbonyl (C=O) groups excluding carboxylic acids is 3. The smallest absolute Gasteiger partial charge is 0.264 e. The number of carbonyl (C=O) groups is 3. The van der Waals surface area contributed by atoms with Gasteiger partial charge in [-0.2, -0.15) is 0 Å². The van der Waals surface area contributed by atoms with Crippen LogP contribution in [-0.2, 0) is 44.2 Å². The van der Waals surface area contributed by atoms with Gasteiger partial charge in [0.25, 0.3) is 5.91 Å². The molecular formula is C48H51N3O6Si. The monoisotopic (exact) mass is 793 g/mol. The summed E-state index contributed by atoms with van der Waals surface area (Å²) < 4.78 is 12.8. The van der Waals surface area contributed by atoms with E-state index in [1.54, 1.807) is 16.9 Å². The number of nitrogens with zero attached hydrogens (tertiary/aromatic N) is 3. The molecule has 3 aliphatic heterocycles. The molecule has 8 rings (SSSR count). The summed E-state index contributed by atoms with van der Waals surface area (Å²) in [6.45, 7) is 7.45. The Kier molecular flexibility index (Phi) is 10.8. The summed E-state index contributed by atoms with van der Waals surface area (Å²) in [5, 5.41) is 11.2. The second kappa shape index (κ2) is 16.0. The first kappa shape index (κ1) is 39.3. The maximum Gasteiger partial charge on any atom is 0.264 e. The molecular weight excluding hydrogens is 743 g/mol. The third kappa shape index (κ3) is 6.93. The summed E-state index contributed by atoms with van der Waals surface area (Å²) in [6.07, 6.45) is 0.693. The van der Waals surface area contributed by atoms with Gasteiger partial charge in [0.2, 0.25) is 11.8 Å². The predicted octanol–water partition coefficient (Wildman–Crippen LogP) is 7.48. The minimum Gasteiger partial charge on any atom is -0.497 e. The molecule has 3 aliphatic rings.